The first-order valence-corrected chi connectivity index (χ1v) is 5.09. The minimum Gasteiger partial charge on any atom is -0.394 e. The molecule has 4 nitrogen and oxygen atoms in total. The number of rotatable bonds is 4. The van der Waals surface area contributed by atoms with E-state index in [-0.39, 0.29) is 29.4 Å². The van der Waals surface area contributed by atoms with Gasteiger partial charge in [-0.3, -0.25) is 4.79 Å². The fraction of sp³-hybridized carbons (Fsp3) is 0.400. The Kier molecular flexibility index (Phi) is 4.52. The van der Waals surface area contributed by atoms with E-state index in [1.807, 2.05) is 6.92 Å². The maximum absolute atomic E-state index is 11.6. The van der Waals surface area contributed by atoms with Crippen LogP contribution in [0.3, 0.4) is 0 Å². The van der Waals surface area contributed by atoms with Crippen LogP contribution in [0, 0.1) is 0 Å². The molecule has 15 heavy (non-hydrogen) atoms. The average Bonchev–Trinajstić information content (AvgIpc) is 2.25. The van der Waals surface area contributed by atoms with Gasteiger partial charge in [0.25, 0.3) is 5.91 Å². The number of aliphatic hydroxyl groups is 1. The molecule has 5 heteroatoms. The van der Waals surface area contributed by atoms with Gasteiger partial charge in [0.15, 0.2) is 0 Å². The van der Waals surface area contributed by atoms with Crippen molar-refractivity contribution in [2.75, 3.05) is 6.61 Å². The second-order valence-corrected chi connectivity index (χ2v) is 3.49. The van der Waals surface area contributed by atoms with Gasteiger partial charge in [-0.05, 0) is 18.6 Å². The fourth-order valence-electron chi connectivity index (χ4n) is 1.07. The summed E-state index contributed by atoms with van der Waals surface area (Å²) in [5.74, 6) is -0.321. The number of carbonyl (C=O) groups excluding carboxylic acids is 1. The topological polar surface area (TPSA) is 62.2 Å². The van der Waals surface area contributed by atoms with Crippen LogP contribution in [0.5, 0.6) is 0 Å². The lowest BCUT2D eigenvalue weighted by Crippen LogP contribution is -2.37. The quantitative estimate of drug-likeness (QED) is 0.763. The summed E-state index contributed by atoms with van der Waals surface area (Å²) in [6, 6.07) is 4.59. The summed E-state index contributed by atoms with van der Waals surface area (Å²) in [5.41, 5.74) is 0.259. The summed E-state index contributed by atoms with van der Waals surface area (Å²) in [7, 11) is 0. The number of amides is 1. The molecule has 0 aliphatic carbocycles. The van der Waals surface area contributed by atoms with E-state index in [9.17, 15) is 4.79 Å². The Morgan fingerprint density at radius 3 is 2.93 bits per heavy atom. The number of aliphatic hydroxyl groups excluding tert-OH is 1. The van der Waals surface area contributed by atoms with Crippen molar-refractivity contribution in [1.82, 2.24) is 10.3 Å². The molecular weight excluding hydrogens is 216 g/mol. The molecule has 1 aromatic rings. The van der Waals surface area contributed by atoms with Gasteiger partial charge in [0, 0.05) is 0 Å². The van der Waals surface area contributed by atoms with Crippen molar-refractivity contribution in [2.24, 2.45) is 0 Å². The minimum atomic E-state index is -0.321. The molecular formula is C10H13ClN2O2. The van der Waals surface area contributed by atoms with E-state index in [1.165, 1.54) is 0 Å². The van der Waals surface area contributed by atoms with Crippen LogP contribution >= 0.6 is 11.6 Å². The van der Waals surface area contributed by atoms with E-state index >= 15 is 0 Å². The number of aromatic nitrogens is 1. The van der Waals surface area contributed by atoms with E-state index < -0.39 is 0 Å². The minimum absolute atomic E-state index is 0.0805. The van der Waals surface area contributed by atoms with Gasteiger partial charge in [0.1, 0.15) is 10.8 Å². The fourth-order valence-corrected chi connectivity index (χ4v) is 1.23. The molecule has 0 radical (unpaired) electrons. The predicted molar refractivity (Wildman–Crippen MR) is 57.9 cm³/mol. The zero-order chi connectivity index (χ0) is 11.3. The molecule has 1 atom stereocenters. The van der Waals surface area contributed by atoms with Crippen molar-refractivity contribution in [2.45, 2.75) is 19.4 Å². The Labute approximate surface area is 93.3 Å². The third-order valence-corrected chi connectivity index (χ3v) is 2.21. The van der Waals surface area contributed by atoms with Crippen molar-refractivity contribution in [1.29, 1.82) is 0 Å². The number of nitrogens with one attached hydrogen (secondary N) is 1. The van der Waals surface area contributed by atoms with Crippen molar-refractivity contribution in [3.05, 3.63) is 29.0 Å². The molecule has 1 amide bonds. The normalized spacial score (nSPS) is 12.2. The summed E-state index contributed by atoms with van der Waals surface area (Å²) in [6.45, 7) is 1.80. The number of hydrogen-bond donors (Lipinski definition) is 2. The molecule has 0 aliphatic heterocycles. The lowest BCUT2D eigenvalue weighted by Gasteiger charge is -2.13. The highest BCUT2D eigenvalue weighted by molar-refractivity contribution is 6.29. The van der Waals surface area contributed by atoms with E-state index in [2.05, 4.69) is 10.3 Å². The molecule has 0 saturated heterocycles. The maximum atomic E-state index is 11.6. The summed E-state index contributed by atoms with van der Waals surface area (Å²) < 4.78 is 0. The largest absolute Gasteiger partial charge is 0.394 e. The Bertz CT molecular complexity index is 340. The maximum Gasteiger partial charge on any atom is 0.270 e. The van der Waals surface area contributed by atoms with E-state index in [4.69, 9.17) is 16.7 Å². The molecule has 1 rings (SSSR count). The highest BCUT2D eigenvalue weighted by atomic mass is 35.5. The molecule has 2 N–H and O–H groups in total. The van der Waals surface area contributed by atoms with Gasteiger partial charge in [-0.15, -0.1) is 0 Å². The highest BCUT2D eigenvalue weighted by Crippen LogP contribution is 2.05. The Balaban J connectivity index is 2.68. The first-order chi connectivity index (χ1) is 7.17. The Morgan fingerprint density at radius 1 is 1.67 bits per heavy atom. The van der Waals surface area contributed by atoms with Crippen LogP contribution < -0.4 is 5.32 Å². The van der Waals surface area contributed by atoms with Crippen LogP contribution in [0.4, 0.5) is 0 Å². The van der Waals surface area contributed by atoms with Gasteiger partial charge >= 0.3 is 0 Å². The highest BCUT2D eigenvalue weighted by Gasteiger charge is 2.12. The molecule has 1 heterocycles. The molecule has 0 spiro atoms. The van der Waals surface area contributed by atoms with Crippen molar-refractivity contribution in [3.8, 4) is 0 Å². The van der Waals surface area contributed by atoms with Gasteiger partial charge < -0.3 is 10.4 Å². The van der Waals surface area contributed by atoms with E-state index in [1.54, 1.807) is 18.2 Å². The Hall–Kier alpha value is -1.13. The summed E-state index contributed by atoms with van der Waals surface area (Å²) in [6.07, 6.45) is 0.669. The van der Waals surface area contributed by atoms with Gasteiger partial charge in [-0.1, -0.05) is 24.6 Å². The monoisotopic (exact) mass is 228 g/mol. The van der Waals surface area contributed by atoms with Gasteiger partial charge in [0.05, 0.1) is 12.6 Å². The molecule has 0 bridgehead atoms. The van der Waals surface area contributed by atoms with E-state index in [0.717, 1.165) is 0 Å². The SMILES string of the molecule is CC[C@@H](CO)NC(=O)c1cccc(Cl)n1. The first kappa shape index (κ1) is 11.9. The van der Waals surface area contributed by atoms with Crippen LogP contribution in [-0.4, -0.2) is 28.6 Å². The summed E-state index contributed by atoms with van der Waals surface area (Å²) in [5, 5.41) is 11.8. The lowest BCUT2D eigenvalue weighted by atomic mass is 10.2. The lowest BCUT2D eigenvalue weighted by molar-refractivity contribution is 0.0910. The van der Waals surface area contributed by atoms with Crippen LogP contribution in [0.2, 0.25) is 5.15 Å². The molecule has 0 saturated carbocycles. The second kappa shape index (κ2) is 5.68. The average molecular weight is 229 g/mol. The molecule has 1 aromatic heterocycles. The third kappa shape index (κ3) is 3.49. The first-order valence-electron chi connectivity index (χ1n) is 4.71. The number of carbonyl (C=O) groups is 1. The molecule has 0 fully saturated rings. The zero-order valence-corrected chi connectivity index (χ0v) is 9.16. The Morgan fingerprint density at radius 2 is 2.40 bits per heavy atom. The molecule has 0 unspecified atom stereocenters. The number of hydrogen-bond acceptors (Lipinski definition) is 3. The number of pyridine rings is 1. The molecule has 0 aliphatic rings. The predicted octanol–water partition coefficient (Wildman–Crippen LogP) is 1.24. The van der Waals surface area contributed by atoms with E-state index in [0.29, 0.717) is 6.42 Å². The molecule has 82 valence electrons. The van der Waals surface area contributed by atoms with Gasteiger partial charge in [0.2, 0.25) is 0 Å². The molecule has 0 aromatic carbocycles. The van der Waals surface area contributed by atoms with Crippen molar-refractivity contribution in [3.63, 3.8) is 0 Å². The van der Waals surface area contributed by atoms with Crippen molar-refractivity contribution < 1.29 is 9.90 Å². The van der Waals surface area contributed by atoms with Crippen LogP contribution in [-0.2, 0) is 0 Å². The standard InChI is InChI=1S/C10H13ClN2O2/c1-2-7(6-14)12-10(15)8-4-3-5-9(11)13-8/h3-5,7,14H,2,6H2,1H3,(H,12,15)/t7-/m0/s1. The van der Waals surface area contributed by atoms with Gasteiger partial charge in [-0.2, -0.15) is 0 Å². The third-order valence-electron chi connectivity index (χ3n) is 2.00. The van der Waals surface area contributed by atoms with Crippen LogP contribution in [0.1, 0.15) is 23.8 Å². The number of nitrogens with zero attached hydrogens (tertiary/aromatic N) is 1. The summed E-state index contributed by atoms with van der Waals surface area (Å²) >= 11 is 5.65. The van der Waals surface area contributed by atoms with Crippen LogP contribution in [0.25, 0.3) is 0 Å². The van der Waals surface area contributed by atoms with Crippen LogP contribution in [0.15, 0.2) is 18.2 Å². The smallest absolute Gasteiger partial charge is 0.270 e. The van der Waals surface area contributed by atoms with Gasteiger partial charge in [-0.25, -0.2) is 4.98 Å². The zero-order valence-electron chi connectivity index (χ0n) is 8.40. The number of halogens is 1. The van der Waals surface area contributed by atoms with Crippen molar-refractivity contribution >= 4 is 17.5 Å². The second-order valence-electron chi connectivity index (χ2n) is 3.11. The summed E-state index contributed by atoms with van der Waals surface area (Å²) in [4.78, 5) is 15.4.